The van der Waals surface area contributed by atoms with Gasteiger partial charge in [-0.05, 0) is 43.0 Å². The van der Waals surface area contributed by atoms with Gasteiger partial charge in [0.1, 0.15) is 12.7 Å². The maximum atomic E-state index is 13.1. The van der Waals surface area contributed by atoms with Crippen molar-refractivity contribution in [3.05, 3.63) is 71.9 Å². The zero-order chi connectivity index (χ0) is 17.2. The Kier molecular flexibility index (Phi) is 4.01. The summed E-state index contributed by atoms with van der Waals surface area (Å²) in [6, 6.07) is 12.0. The van der Waals surface area contributed by atoms with E-state index in [1.165, 1.54) is 17.5 Å². The van der Waals surface area contributed by atoms with Crippen LogP contribution in [0.2, 0.25) is 0 Å². The Bertz CT molecular complexity index is 890. The van der Waals surface area contributed by atoms with Crippen LogP contribution in [0.5, 0.6) is 0 Å². The molecule has 1 aliphatic heterocycles. The van der Waals surface area contributed by atoms with Crippen molar-refractivity contribution < 1.29 is 4.79 Å². The molecule has 126 valence electrons. The highest BCUT2D eigenvalue weighted by molar-refractivity contribution is 5.95. The number of hydrogen-bond acceptors (Lipinski definition) is 4. The third-order valence-electron chi connectivity index (χ3n) is 4.71. The Morgan fingerprint density at radius 3 is 2.92 bits per heavy atom. The number of benzene rings is 1. The van der Waals surface area contributed by atoms with E-state index < -0.39 is 0 Å². The van der Waals surface area contributed by atoms with Crippen LogP contribution < -0.4 is 0 Å². The van der Waals surface area contributed by atoms with E-state index >= 15 is 0 Å². The average molecular weight is 333 g/mol. The minimum Gasteiger partial charge on any atom is -0.332 e. The molecule has 0 saturated carbocycles. The topological polar surface area (TPSA) is 63.9 Å². The molecule has 0 N–H and O–H groups in total. The molecule has 0 spiro atoms. The summed E-state index contributed by atoms with van der Waals surface area (Å²) in [5, 5.41) is 4.08. The first-order valence-corrected chi connectivity index (χ1v) is 8.41. The number of likely N-dealkylation sites (tertiary alicyclic amines) is 1. The zero-order valence-electron chi connectivity index (χ0n) is 14.0. The van der Waals surface area contributed by atoms with Crippen molar-refractivity contribution in [1.82, 2.24) is 24.6 Å². The first-order valence-electron chi connectivity index (χ1n) is 8.41. The number of carbonyl (C=O) groups excluding carboxylic acids is 1. The molecule has 6 nitrogen and oxygen atoms in total. The molecule has 0 radical (unpaired) electrons. The highest BCUT2D eigenvalue weighted by atomic mass is 16.2. The molecule has 0 bridgehead atoms. The second-order valence-corrected chi connectivity index (χ2v) is 6.26. The number of rotatable bonds is 3. The Labute approximate surface area is 146 Å². The van der Waals surface area contributed by atoms with Crippen molar-refractivity contribution in [2.45, 2.75) is 25.8 Å². The largest absolute Gasteiger partial charge is 0.332 e. The molecule has 1 saturated heterocycles. The van der Waals surface area contributed by atoms with Crippen LogP contribution in [-0.2, 0) is 0 Å². The van der Waals surface area contributed by atoms with E-state index in [9.17, 15) is 4.79 Å². The smallest absolute Gasteiger partial charge is 0.254 e. The molecular weight excluding hydrogens is 314 g/mol. The summed E-state index contributed by atoms with van der Waals surface area (Å²) in [4.78, 5) is 23.3. The van der Waals surface area contributed by atoms with Crippen molar-refractivity contribution in [2.75, 3.05) is 6.54 Å². The Hall–Kier alpha value is -3.02. The maximum Gasteiger partial charge on any atom is 0.254 e. The molecule has 6 heteroatoms. The minimum absolute atomic E-state index is 0.0366. The minimum atomic E-state index is 0.0366. The number of aromatic nitrogens is 4. The van der Waals surface area contributed by atoms with E-state index in [1.54, 1.807) is 29.3 Å². The number of carbonyl (C=O) groups is 1. The average Bonchev–Trinajstić information content (AvgIpc) is 3.33. The second-order valence-electron chi connectivity index (χ2n) is 6.26. The first kappa shape index (κ1) is 15.5. The molecule has 1 atom stereocenters. The van der Waals surface area contributed by atoms with Crippen LogP contribution in [0.15, 0.2) is 55.2 Å². The second kappa shape index (κ2) is 6.47. The lowest BCUT2D eigenvalue weighted by Crippen LogP contribution is -2.31. The van der Waals surface area contributed by atoms with Gasteiger partial charge >= 0.3 is 0 Å². The van der Waals surface area contributed by atoms with Crippen LogP contribution in [0.4, 0.5) is 0 Å². The summed E-state index contributed by atoms with van der Waals surface area (Å²) in [7, 11) is 0. The van der Waals surface area contributed by atoms with Gasteiger partial charge in [0.25, 0.3) is 5.91 Å². The van der Waals surface area contributed by atoms with Crippen LogP contribution in [0.3, 0.4) is 0 Å². The number of hydrogen-bond donors (Lipinski definition) is 0. The Morgan fingerprint density at radius 2 is 2.12 bits per heavy atom. The summed E-state index contributed by atoms with van der Waals surface area (Å²) in [6.07, 6.45) is 6.68. The van der Waals surface area contributed by atoms with Gasteiger partial charge in [-0.2, -0.15) is 5.10 Å². The molecule has 2 aromatic heterocycles. The standard InChI is InChI=1S/C19H19N5O/c1-14-5-2-3-6-16(14)17-7-4-10-23(17)19(25)15-8-9-21-18(11-15)24-13-20-12-22-24/h2-3,5-6,8-9,11-13,17H,4,7,10H2,1H3/t17-/m0/s1. The Balaban J connectivity index is 1.64. The van der Waals surface area contributed by atoms with Crippen LogP contribution in [0.25, 0.3) is 5.82 Å². The van der Waals surface area contributed by atoms with Gasteiger partial charge in [0, 0.05) is 18.3 Å². The van der Waals surface area contributed by atoms with E-state index in [0.29, 0.717) is 11.4 Å². The van der Waals surface area contributed by atoms with Gasteiger partial charge in [0.15, 0.2) is 5.82 Å². The summed E-state index contributed by atoms with van der Waals surface area (Å²) < 4.78 is 1.56. The summed E-state index contributed by atoms with van der Waals surface area (Å²) in [5.74, 6) is 0.629. The van der Waals surface area contributed by atoms with Crippen LogP contribution in [0, 0.1) is 6.92 Å². The third-order valence-corrected chi connectivity index (χ3v) is 4.71. The van der Waals surface area contributed by atoms with Crippen molar-refractivity contribution in [1.29, 1.82) is 0 Å². The van der Waals surface area contributed by atoms with Gasteiger partial charge in [0.05, 0.1) is 6.04 Å². The predicted octanol–water partition coefficient (Wildman–Crippen LogP) is 2.95. The molecule has 1 amide bonds. The monoisotopic (exact) mass is 333 g/mol. The van der Waals surface area contributed by atoms with Gasteiger partial charge in [-0.3, -0.25) is 4.79 Å². The van der Waals surface area contributed by atoms with Gasteiger partial charge < -0.3 is 4.90 Å². The van der Waals surface area contributed by atoms with Crippen molar-refractivity contribution in [3.63, 3.8) is 0 Å². The van der Waals surface area contributed by atoms with Gasteiger partial charge in [-0.25, -0.2) is 14.6 Å². The Morgan fingerprint density at radius 1 is 1.24 bits per heavy atom. The summed E-state index contributed by atoms with van der Waals surface area (Å²) in [5.41, 5.74) is 3.09. The van der Waals surface area contributed by atoms with Crippen LogP contribution in [-0.4, -0.2) is 37.1 Å². The molecule has 25 heavy (non-hydrogen) atoms. The van der Waals surface area contributed by atoms with Crippen molar-refractivity contribution in [3.8, 4) is 5.82 Å². The number of nitrogens with zero attached hydrogens (tertiary/aromatic N) is 5. The molecule has 0 aliphatic carbocycles. The van der Waals surface area contributed by atoms with E-state index in [2.05, 4.69) is 34.1 Å². The normalized spacial score (nSPS) is 17.0. The number of amides is 1. The van der Waals surface area contributed by atoms with E-state index in [0.717, 1.165) is 19.4 Å². The fraction of sp³-hybridized carbons (Fsp3) is 0.263. The number of aryl methyl sites for hydroxylation is 1. The van der Waals surface area contributed by atoms with E-state index in [1.807, 2.05) is 17.0 Å². The van der Waals surface area contributed by atoms with Crippen LogP contribution >= 0.6 is 0 Å². The van der Waals surface area contributed by atoms with Crippen molar-refractivity contribution >= 4 is 5.91 Å². The fourth-order valence-electron chi connectivity index (χ4n) is 3.46. The molecular formula is C19H19N5O. The molecule has 4 rings (SSSR count). The lowest BCUT2D eigenvalue weighted by Gasteiger charge is -2.26. The zero-order valence-corrected chi connectivity index (χ0v) is 14.0. The SMILES string of the molecule is Cc1ccccc1[C@@H]1CCCN1C(=O)c1ccnc(-n2cncn2)c1. The van der Waals surface area contributed by atoms with Gasteiger partial charge in [-0.1, -0.05) is 24.3 Å². The lowest BCUT2D eigenvalue weighted by atomic mass is 9.99. The molecule has 1 fully saturated rings. The van der Waals surface area contributed by atoms with Gasteiger partial charge in [-0.15, -0.1) is 0 Å². The highest BCUT2D eigenvalue weighted by Crippen LogP contribution is 2.34. The van der Waals surface area contributed by atoms with Crippen LogP contribution in [0.1, 0.15) is 40.4 Å². The molecule has 3 aromatic rings. The number of pyridine rings is 1. The lowest BCUT2D eigenvalue weighted by molar-refractivity contribution is 0.0735. The third kappa shape index (κ3) is 2.91. The first-order chi connectivity index (χ1) is 12.2. The fourth-order valence-corrected chi connectivity index (χ4v) is 3.46. The maximum absolute atomic E-state index is 13.1. The quantitative estimate of drug-likeness (QED) is 0.739. The molecule has 1 aliphatic rings. The molecule has 1 aromatic carbocycles. The summed E-state index contributed by atoms with van der Waals surface area (Å²) in [6.45, 7) is 2.88. The molecule has 0 unspecified atom stereocenters. The predicted molar refractivity (Wildman–Crippen MR) is 93.3 cm³/mol. The molecule has 3 heterocycles. The van der Waals surface area contributed by atoms with Gasteiger partial charge in [0.2, 0.25) is 0 Å². The van der Waals surface area contributed by atoms with Crippen molar-refractivity contribution in [2.24, 2.45) is 0 Å². The van der Waals surface area contributed by atoms with E-state index in [4.69, 9.17) is 0 Å². The highest BCUT2D eigenvalue weighted by Gasteiger charge is 2.31. The summed E-state index contributed by atoms with van der Waals surface area (Å²) >= 11 is 0. The van der Waals surface area contributed by atoms with E-state index in [-0.39, 0.29) is 11.9 Å².